The van der Waals surface area contributed by atoms with E-state index in [-0.39, 0.29) is 31.1 Å². The number of carbonyl (C=O) groups excluding carboxylic acids is 3. The fourth-order valence-corrected chi connectivity index (χ4v) is 10.5. The molecule has 0 fully saturated rings. The minimum Gasteiger partial charge on any atom is -0.462 e. The third-order valence-electron chi connectivity index (χ3n) is 15.6. The average molecular weight is 1080 g/mol. The number of carbonyl (C=O) groups is 3. The third-order valence-corrected chi connectivity index (χ3v) is 15.6. The van der Waals surface area contributed by atoms with Crippen LogP contribution in [-0.4, -0.2) is 37.2 Å². The monoisotopic (exact) mass is 1080 g/mol. The number of hydrogen-bond acceptors (Lipinski definition) is 6. The first-order valence-electron chi connectivity index (χ1n) is 34.5. The topological polar surface area (TPSA) is 78.9 Å². The molecule has 0 aliphatic heterocycles. The number of esters is 3. The van der Waals surface area contributed by atoms with Crippen LogP contribution in [0.25, 0.3) is 0 Å². The van der Waals surface area contributed by atoms with Gasteiger partial charge < -0.3 is 14.2 Å². The summed E-state index contributed by atoms with van der Waals surface area (Å²) in [5.74, 6) is -0.856. The van der Waals surface area contributed by atoms with Crippen molar-refractivity contribution in [1.29, 1.82) is 0 Å². The Labute approximate surface area is 480 Å². The van der Waals surface area contributed by atoms with Gasteiger partial charge in [-0.3, -0.25) is 14.4 Å². The van der Waals surface area contributed by atoms with Gasteiger partial charge >= 0.3 is 17.9 Å². The average Bonchev–Trinajstić information content (AvgIpc) is 3.43. The van der Waals surface area contributed by atoms with Gasteiger partial charge in [0.25, 0.3) is 0 Å². The molecule has 0 saturated heterocycles. The summed E-state index contributed by atoms with van der Waals surface area (Å²) in [6.45, 7) is 6.69. The van der Waals surface area contributed by atoms with Crippen LogP contribution in [0.3, 0.4) is 0 Å². The molecule has 0 amide bonds. The molecule has 77 heavy (non-hydrogen) atoms. The zero-order valence-electron chi connectivity index (χ0n) is 52.0. The van der Waals surface area contributed by atoms with E-state index in [9.17, 15) is 14.4 Å². The largest absolute Gasteiger partial charge is 0.462 e. The van der Waals surface area contributed by atoms with Gasteiger partial charge in [0.1, 0.15) is 13.2 Å². The van der Waals surface area contributed by atoms with Gasteiger partial charge in [-0.2, -0.15) is 0 Å². The Morgan fingerprint density at radius 3 is 0.727 bits per heavy atom. The van der Waals surface area contributed by atoms with Crippen LogP contribution in [0, 0.1) is 0 Å². The van der Waals surface area contributed by atoms with Crippen LogP contribution in [-0.2, 0) is 28.6 Å². The van der Waals surface area contributed by atoms with Crippen molar-refractivity contribution in [1.82, 2.24) is 0 Å². The number of hydrogen-bond donors (Lipinski definition) is 0. The molecule has 452 valence electrons. The first-order chi connectivity index (χ1) is 38.0. The highest BCUT2D eigenvalue weighted by atomic mass is 16.6. The lowest BCUT2D eigenvalue weighted by molar-refractivity contribution is -0.167. The summed E-state index contributed by atoms with van der Waals surface area (Å²) in [6.07, 6.45) is 81.6. The molecular weight excluding hydrogens is 949 g/mol. The molecule has 6 nitrogen and oxygen atoms in total. The molecule has 0 aromatic rings. The molecule has 0 radical (unpaired) electrons. The molecule has 0 bridgehead atoms. The van der Waals surface area contributed by atoms with E-state index in [0.717, 1.165) is 77.0 Å². The van der Waals surface area contributed by atoms with Crippen molar-refractivity contribution < 1.29 is 28.6 Å². The summed E-state index contributed by atoms with van der Waals surface area (Å²) >= 11 is 0. The summed E-state index contributed by atoms with van der Waals surface area (Å²) < 4.78 is 17.0. The lowest BCUT2D eigenvalue weighted by Crippen LogP contribution is -2.30. The number of rotatable bonds is 64. The van der Waals surface area contributed by atoms with E-state index in [0.29, 0.717) is 19.3 Å². The van der Waals surface area contributed by atoms with Crippen molar-refractivity contribution in [2.75, 3.05) is 13.2 Å². The van der Waals surface area contributed by atoms with Crippen LogP contribution in [0.15, 0.2) is 36.5 Å². The first kappa shape index (κ1) is 74.6. The van der Waals surface area contributed by atoms with Gasteiger partial charge in [0, 0.05) is 19.3 Å². The van der Waals surface area contributed by atoms with Crippen molar-refractivity contribution in [3.63, 3.8) is 0 Å². The Morgan fingerprint density at radius 1 is 0.260 bits per heavy atom. The van der Waals surface area contributed by atoms with E-state index in [1.54, 1.807) is 0 Å². The Bertz CT molecular complexity index is 1290. The zero-order chi connectivity index (χ0) is 55.7. The van der Waals surface area contributed by atoms with Crippen LogP contribution in [0.1, 0.15) is 380 Å². The first-order valence-corrected chi connectivity index (χ1v) is 34.5. The van der Waals surface area contributed by atoms with E-state index < -0.39 is 6.10 Å². The lowest BCUT2D eigenvalue weighted by Gasteiger charge is -2.18. The van der Waals surface area contributed by atoms with Crippen molar-refractivity contribution in [2.45, 2.75) is 386 Å². The molecule has 0 N–H and O–H groups in total. The van der Waals surface area contributed by atoms with Crippen LogP contribution >= 0.6 is 0 Å². The maximum absolute atomic E-state index is 12.9. The fraction of sp³-hybridized carbons (Fsp3) is 0.873. The standard InChI is InChI=1S/C71H132O6/c1-4-7-10-13-16-19-22-25-28-30-32-34-35-36-38-39-41-43-46-49-52-55-58-61-64-70(73)76-67-68(66-75-69(72)63-60-57-54-51-48-45-27-24-21-18-15-12-9-6-3)77-71(74)65-62-59-56-53-50-47-44-42-40-37-33-31-29-26-23-20-17-14-11-8-5-2/h23,26,31,33,40,42,68H,4-22,24-25,27-30,32,34-39,41,43-67H2,1-3H3/b26-23-,33-31-,42-40-. The Kier molecular flexibility index (Phi) is 64.1. The molecule has 0 saturated carbocycles. The summed E-state index contributed by atoms with van der Waals surface area (Å²) in [5, 5.41) is 0. The molecule has 1 atom stereocenters. The summed E-state index contributed by atoms with van der Waals surface area (Å²) in [6, 6.07) is 0. The van der Waals surface area contributed by atoms with Gasteiger partial charge in [-0.15, -0.1) is 0 Å². The molecule has 6 heteroatoms. The molecule has 0 aliphatic rings. The van der Waals surface area contributed by atoms with E-state index in [1.165, 1.54) is 263 Å². The quantitative estimate of drug-likeness (QED) is 0.0261. The predicted octanol–water partition coefficient (Wildman–Crippen LogP) is 23.6. The van der Waals surface area contributed by atoms with E-state index in [2.05, 4.69) is 57.2 Å². The molecule has 0 aliphatic carbocycles. The van der Waals surface area contributed by atoms with E-state index in [1.807, 2.05) is 0 Å². The Hall–Kier alpha value is -2.37. The summed E-state index contributed by atoms with van der Waals surface area (Å²) in [5.41, 5.74) is 0. The number of unbranched alkanes of at least 4 members (excludes halogenated alkanes) is 47. The van der Waals surface area contributed by atoms with Crippen molar-refractivity contribution in [3.8, 4) is 0 Å². The smallest absolute Gasteiger partial charge is 0.306 e. The summed E-state index contributed by atoms with van der Waals surface area (Å²) in [7, 11) is 0. The Morgan fingerprint density at radius 2 is 0.468 bits per heavy atom. The maximum Gasteiger partial charge on any atom is 0.306 e. The van der Waals surface area contributed by atoms with Crippen LogP contribution in [0.4, 0.5) is 0 Å². The predicted molar refractivity (Wildman–Crippen MR) is 335 cm³/mol. The second-order valence-corrected chi connectivity index (χ2v) is 23.5. The normalized spacial score (nSPS) is 12.2. The van der Waals surface area contributed by atoms with Gasteiger partial charge in [0.2, 0.25) is 0 Å². The SMILES string of the molecule is CCCCCCC/C=C\C/C=C\C/C=C\CCCCCCCCC(=O)OC(COC(=O)CCCCCCCCCCCCCCCC)COC(=O)CCCCCCCCCCCCCCCCCCCCCCCCCC. The molecule has 0 rings (SSSR count). The van der Waals surface area contributed by atoms with Crippen LogP contribution < -0.4 is 0 Å². The van der Waals surface area contributed by atoms with Gasteiger partial charge in [0.05, 0.1) is 0 Å². The molecule has 0 heterocycles. The van der Waals surface area contributed by atoms with Crippen LogP contribution in [0.5, 0.6) is 0 Å². The fourth-order valence-electron chi connectivity index (χ4n) is 10.5. The van der Waals surface area contributed by atoms with Crippen molar-refractivity contribution in [2.24, 2.45) is 0 Å². The second kappa shape index (κ2) is 66.1. The molecule has 0 spiro atoms. The van der Waals surface area contributed by atoms with Gasteiger partial charge in [-0.1, -0.05) is 340 Å². The van der Waals surface area contributed by atoms with Gasteiger partial charge in [-0.25, -0.2) is 0 Å². The van der Waals surface area contributed by atoms with Crippen molar-refractivity contribution >= 4 is 17.9 Å². The minimum absolute atomic E-state index is 0.0719. The molecule has 1 unspecified atom stereocenters. The number of allylic oxidation sites excluding steroid dienone is 6. The molecule has 0 aromatic heterocycles. The van der Waals surface area contributed by atoms with E-state index in [4.69, 9.17) is 14.2 Å². The van der Waals surface area contributed by atoms with Gasteiger partial charge in [-0.05, 0) is 57.8 Å². The van der Waals surface area contributed by atoms with Crippen LogP contribution in [0.2, 0.25) is 0 Å². The third kappa shape index (κ3) is 64.3. The highest BCUT2D eigenvalue weighted by Crippen LogP contribution is 2.18. The molecular formula is C71H132O6. The summed E-state index contributed by atoms with van der Waals surface area (Å²) in [4.78, 5) is 38.4. The maximum atomic E-state index is 12.9. The Balaban J connectivity index is 4.28. The molecule has 0 aromatic carbocycles. The van der Waals surface area contributed by atoms with Gasteiger partial charge in [0.15, 0.2) is 6.10 Å². The number of ether oxygens (including phenoxy) is 3. The zero-order valence-corrected chi connectivity index (χ0v) is 52.0. The minimum atomic E-state index is -0.777. The van der Waals surface area contributed by atoms with Crippen molar-refractivity contribution in [3.05, 3.63) is 36.5 Å². The highest BCUT2D eigenvalue weighted by molar-refractivity contribution is 5.71. The van der Waals surface area contributed by atoms with E-state index >= 15 is 0 Å². The highest BCUT2D eigenvalue weighted by Gasteiger charge is 2.19. The lowest BCUT2D eigenvalue weighted by atomic mass is 10.0. The second-order valence-electron chi connectivity index (χ2n) is 23.5.